The Morgan fingerprint density at radius 2 is 1.80 bits per heavy atom. The number of nitrogens with zero attached hydrogens (tertiary/aromatic N) is 1. The predicted molar refractivity (Wildman–Crippen MR) is 63.5 cm³/mol. The zero-order valence-electron chi connectivity index (χ0n) is 10.6. The van der Waals surface area contributed by atoms with Gasteiger partial charge in [-0.2, -0.15) is 5.26 Å². The molecule has 2 heteroatoms. The molecule has 1 aliphatic rings. The summed E-state index contributed by atoms with van der Waals surface area (Å²) >= 11 is 0. The van der Waals surface area contributed by atoms with Gasteiger partial charge in [0, 0.05) is 6.04 Å². The van der Waals surface area contributed by atoms with Crippen LogP contribution >= 0.6 is 0 Å². The van der Waals surface area contributed by atoms with E-state index in [4.69, 9.17) is 0 Å². The molecule has 0 saturated heterocycles. The summed E-state index contributed by atoms with van der Waals surface area (Å²) in [6.07, 6.45) is 5.41. The van der Waals surface area contributed by atoms with E-state index in [1.54, 1.807) is 0 Å². The molecule has 1 unspecified atom stereocenters. The Labute approximate surface area is 94.1 Å². The predicted octanol–water partition coefficient (Wildman–Crippen LogP) is 3.24. The summed E-state index contributed by atoms with van der Waals surface area (Å²) in [7, 11) is 0. The van der Waals surface area contributed by atoms with Gasteiger partial charge in [0.15, 0.2) is 0 Å². The molecule has 0 heterocycles. The van der Waals surface area contributed by atoms with Crippen LogP contribution in [0.4, 0.5) is 0 Å². The number of hydrogen-bond acceptors (Lipinski definition) is 2. The first-order valence-corrected chi connectivity index (χ1v) is 6.12. The second-order valence-electron chi connectivity index (χ2n) is 5.81. The molecule has 0 aliphatic heterocycles. The van der Waals surface area contributed by atoms with Crippen LogP contribution < -0.4 is 5.32 Å². The van der Waals surface area contributed by atoms with E-state index in [0.29, 0.717) is 11.5 Å². The monoisotopic (exact) mass is 208 g/mol. The second-order valence-corrected chi connectivity index (χ2v) is 5.81. The molecule has 2 nitrogen and oxygen atoms in total. The maximum Gasteiger partial charge on any atom is 0.107 e. The molecule has 0 amide bonds. The van der Waals surface area contributed by atoms with Gasteiger partial charge >= 0.3 is 0 Å². The molecule has 1 fully saturated rings. The van der Waals surface area contributed by atoms with Crippen molar-refractivity contribution >= 4 is 0 Å². The first-order valence-electron chi connectivity index (χ1n) is 6.12. The van der Waals surface area contributed by atoms with E-state index in [0.717, 1.165) is 32.1 Å². The molecule has 0 bridgehead atoms. The first-order chi connectivity index (χ1) is 6.93. The second kappa shape index (κ2) is 4.53. The van der Waals surface area contributed by atoms with Crippen LogP contribution in [-0.2, 0) is 0 Å². The summed E-state index contributed by atoms with van der Waals surface area (Å²) < 4.78 is 0. The summed E-state index contributed by atoms with van der Waals surface area (Å²) in [5, 5.41) is 12.9. The lowest BCUT2D eigenvalue weighted by molar-refractivity contribution is 0.161. The van der Waals surface area contributed by atoms with Crippen LogP contribution in [0, 0.1) is 16.7 Å². The van der Waals surface area contributed by atoms with E-state index in [1.807, 2.05) is 0 Å². The van der Waals surface area contributed by atoms with Crippen molar-refractivity contribution in [2.75, 3.05) is 0 Å². The fraction of sp³-hybridized carbons (Fsp3) is 0.923. The zero-order valence-corrected chi connectivity index (χ0v) is 10.6. The molecule has 1 aliphatic carbocycles. The normalized spacial score (nSPS) is 25.5. The maximum atomic E-state index is 9.34. The average molecular weight is 208 g/mol. The molecule has 1 atom stereocenters. The molecule has 1 N–H and O–H groups in total. The minimum atomic E-state index is -0.245. The summed E-state index contributed by atoms with van der Waals surface area (Å²) in [6.45, 7) is 8.93. The van der Waals surface area contributed by atoms with Crippen LogP contribution in [0.15, 0.2) is 0 Å². The lowest BCUT2D eigenvalue weighted by Gasteiger charge is -2.41. The summed E-state index contributed by atoms with van der Waals surface area (Å²) in [5.74, 6) is 0. The standard InChI is InChI=1S/C13H24N2/c1-5-11(2)15-13(10-14)8-6-12(3,4)7-9-13/h11,15H,5-9H2,1-4H3. The van der Waals surface area contributed by atoms with Gasteiger partial charge in [-0.15, -0.1) is 0 Å². The van der Waals surface area contributed by atoms with Crippen LogP contribution in [-0.4, -0.2) is 11.6 Å². The molecule has 0 spiro atoms. The molecular weight excluding hydrogens is 184 g/mol. The molecule has 15 heavy (non-hydrogen) atoms. The molecule has 86 valence electrons. The van der Waals surface area contributed by atoms with Gasteiger partial charge in [0.25, 0.3) is 0 Å². The lowest BCUT2D eigenvalue weighted by atomic mass is 9.69. The van der Waals surface area contributed by atoms with Gasteiger partial charge in [0.05, 0.1) is 6.07 Å². The summed E-state index contributed by atoms with van der Waals surface area (Å²) in [6, 6.07) is 2.96. The highest BCUT2D eigenvalue weighted by Gasteiger charge is 2.38. The number of hydrogen-bond donors (Lipinski definition) is 1. The summed E-state index contributed by atoms with van der Waals surface area (Å²) in [4.78, 5) is 0. The van der Waals surface area contributed by atoms with Crippen molar-refractivity contribution in [3.05, 3.63) is 0 Å². The summed E-state index contributed by atoms with van der Waals surface area (Å²) in [5.41, 5.74) is 0.183. The smallest absolute Gasteiger partial charge is 0.107 e. The van der Waals surface area contributed by atoms with E-state index in [-0.39, 0.29) is 5.54 Å². The van der Waals surface area contributed by atoms with E-state index in [9.17, 15) is 5.26 Å². The Morgan fingerprint density at radius 1 is 1.27 bits per heavy atom. The van der Waals surface area contributed by atoms with Crippen molar-refractivity contribution in [3.63, 3.8) is 0 Å². The van der Waals surface area contributed by atoms with E-state index in [1.165, 1.54) is 0 Å². The Hall–Kier alpha value is -0.550. The minimum absolute atomic E-state index is 0.245. The quantitative estimate of drug-likeness (QED) is 0.773. The molecule has 1 rings (SSSR count). The minimum Gasteiger partial charge on any atom is -0.297 e. The Kier molecular flexibility index (Phi) is 3.78. The van der Waals surface area contributed by atoms with Gasteiger partial charge in [-0.1, -0.05) is 20.8 Å². The Balaban J connectivity index is 2.61. The third-order valence-electron chi connectivity index (χ3n) is 3.81. The fourth-order valence-electron chi connectivity index (χ4n) is 2.22. The number of rotatable bonds is 3. The largest absolute Gasteiger partial charge is 0.297 e. The van der Waals surface area contributed by atoms with Gasteiger partial charge in [0.2, 0.25) is 0 Å². The van der Waals surface area contributed by atoms with Gasteiger partial charge in [0.1, 0.15) is 5.54 Å². The van der Waals surface area contributed by atoms with Crippen LogP contribution in [0.1, 0.15) is 59.8 Å². The topological polar surface area (TPSA) is 35.8 Å². The van der Waals surface area contributed by atoms with E-state index < -0.39 is 0 Å². The highest BCUT2D eigenvalue weighted by atomic mass is 15.0. The highest BCUT2D eigenvalue weighted by molar-refractivity contribution is 5.10. The van der Waals surface area contributed by atoms with Crippen molar-refractivity contribution in [2.45, 2.75) is 71.4 Å². The van der Waals surface area contributed by atoms with Crippen LogP contribution in [0.3, 0.4) is 0 Å². The third-order valence-corrected chi connectivity index (χ3v) is 3.81. The van der Waals surface area contributed by atoms with Gasteiger partial charge in [-0.05, 0) is 44.4 Å². The van der Waals surface area contributed by atoms with Gasteiger partial charge in [-0.25, -0.2) is 0 Å². The van der Waals surface area contributed by atoms with Crippen molar-refractivity contribution in [1.29, 1.82) is 5.26 Å². The van der Waals surface area contributed by atoms with Crippen molar-refractivity contribution in [1.82, 2.24) is 5.32 Å². The van der Waals surface area contributed by atoms with Crippen LogP contribution in [0.5, 0.6) is 0 Å². The molecule has 0 radical (unpaired) electrons. The SMILES string of the molecule is CCC(C)NC1(C#N)CCC(C)(C)CC1. The van der Waals surface area contributed by atoms with Crippen LogP contribution in [0.2, 0.25) is 0 Å². The molecule has 0 aromatic carbocycles. The lowest BCUT2D eigenvalue weighted by Crippen LogP contribution is -2.51. The van der Waals surface area contributed by atoms with E-state index in [2.05, 4.69) is 39.1 Å². The number of nitriles is 1. The fourth-order valence-corrected chi connectivity index (χ4v) is 2.22. The van der Waals surface area contributed by atoms with Crippen molar-refractivity contribution < 1.29 is 0 Å². The zero-order chi connectivity index (χ0) is 11.5. The molecular formula is C13H24N2. The van der Waals surface area contributed by atoms with E-state index >= 15 is 0 Å². The average Bonchev–Trinajstić information content (AvgIpc) is 2.22. The first kappa shape index (κ1) is 12.5. The molecule has 1 saturated carbocycles. The van der Waals surface area contributed by atoms with Crippen molar-refractivity contribution in [2.24, 2.45) is 5.41 Å². The third kappa shape index (κ3) is 3.21. The molecule has 0 aromatic heterocycles. The maximum absolute atomic E-state index is 9.34. The van der Waals surface area contributed by atoms with Gasteiger partial charge < -0.3 is 0 Å². The Bertz CT molecular complexity index is 240. The van der Waals surface area contributed by atoms with Gasteiger partial charge in [-0.3, -0.25) is 5.32 Å². The molecule has 0 aromatic rings. The van der Waals surface area contributed by atoms with Crippen molar-refractivity contribution in [3.8, 4) is 6.07 Å². The number of nitrogens with one attached hydrogen (secondary N) is 1. The highest BCUT2D eigenvalue weighted by Crippen LogP contribution is 2.40. The van der Waals surface area contributed by atoms with Crippen LogP contribution in [0.25, 0.3) is 0 Å². The Morgan fingerprint density at radius 3 is 2.20 bits per heavy atom.